The number of halogens is 1. The summed E-state index contributed by atoms with van der Waals surface area (Å²) in [5, 5.41) is 11.3. The van der Waals surface area contributed by atoms with Gasteiger partial charge in [-0.15, -0.1) is 0 Å². The Morgan fingerprint density at radius 3 is 2.80 bits per heavy atom. The van der Waals surface area contributed by atoms with Crippen LogP contribution in [0.1, 0.15) is 13.8 Å². The standard InChI is InChI=1S/C18H20FN5O/c1-13(2)11-24-17(7-9-20-24)21-18(25)12-23-10-8-16(22-23)14-5-3-4-6-15(14)19/h3-10,13H,11-12H2,1-2H3,(H,21,25). The predicted octanol–water partition coefficient (Wildman–Crippen LogP) is 3.18. The molecule has 25 heavy (non-hydrogen) atoms. The highest BCUT2D eigenvalue weighted by atomic mass is 19.1. The molecule has 1 aromatic carbocycles. The molecule has 130 valence electrons. The van der Waals surface area contributed by atoms with Gasteiger partial charge in [-0.2, -0.15) is 10.2 Å². The van der Waals surface area contributed by atoms with E-state index in [9.17, 15) is 9.18 Å². The minimum Gasteiger partial charge on any atom is -0.309 e. The summed E-state index contributed by atoms with van der Waals surface area (Å²) in [7, 11) is 0. The molecular weight excluding hydrogens is 321 g/mol. The molecule has 1 amide bonds. The number of carbonyl (C=O) groups is 1. The van der Waals surface area contributed by atoms with Gasteiger partial charge in [-0.1, -0.05) is 26.0 Å². The fraction of sp³-hybridized carbons (Fsp3) is 0.278. The number of nitrogens with one attached hydrogen (secondary N) is 1. The van der Waals surface area contributed by atoms with E-state index in [0.29, 0.717) is 23.0 Å². The maximum atomic E-state index is 13.8. The lowest BCUT2D eigenvalue weighted by atomic mass is 10.1. The maximum Gasteiger partial charge on any atom is 0.247 e. The number of anilines is 1. The van der Waals surface area contributed by atoms with Gasteiger partial charge in [0.25, 0.3) is 0 Å². The summed E-state index contributed by atoms with van der Waals surface area (Å²) >= 11 is 0. The van der Waals surface area contributed by atoms with Crippen molar-refractivity contribution in [3.05, 3.63) is 54.6 Å². The van der Waals surface area contributed by atoms with Crippen LogP contribution < -0.4 is 5.32 Å². The molecule has 1 N–H and O–H groups in total. The van der Waals surface area contributed by atoms with Gasteiger partial charge in [-0.25, -0.2) is 9.07 Å². The first-order chi connectivity index (χ1) is 12.0. The molecule has 0 spiro atoms. The molecule has 0 radical (unpaired) electrons. The summed E-state index contributed by atoms with van der Waals surface area (Å²) in [5.41, 5.74) is 0.910. The molecule has 0 bridgehead atoms. The topological polar surface area (TPSA) is 64.7 Å². The SMILES string of the molecule is CC(C)Cn1nccc1NC(=O)Cn1ccc(-c2ccccc2F)n1. The average molecular weight is 341 g/mol. The second-order valence-electron chi connectivity index (χ2n) is 6.22. The first-order valence-corrected chi connectivity index (χ1v) is 8.13. The van der Waals surface area contributed by atoms with Crippen LogP contribution in [0.2, 0.25) is 0 Å². The molecule has 7 heteroatoms. The molecule has 2 heterocycles. The van der Waals surface area contributed by atoms with Gasteiger partial charge < -0.3 is 5.32 Å². The van der Waals surface area contributed by atoms with Crippen LogP contribution in [0.4, 0.5) is 10.2 Å². The summed E-state index contributed by atoms with van der Waals surface area (Å²) in [6.07, 6.45) is 3.31. The Labute approximate surface area is 145 Å². The predicted molar refractivity (Wildman–Crippen MR) is 93.3 cm³/mol. The van der Waals surface area contributed by atoms with Crippen LogP contribution in [0.25, 0.3) is 11.3 Å². The molecule has 0 fully saturated rings. The van der Waals surface area contributed by atoms with Crippen LogP contribution in [-0.2, 0) is 17.9 Å². The van der Waals surface area contributed by atoms with Crippen molar-refractivity contribution in [2.45, 2.75) is 26.9 Å². The lowest BCUT2D eigenvalue weighted by Gasteiger charge is -2.10. The fourth-order valence-electron chi connectivity index (χ4n) is 2.52. The second-order valence-corrected chi connectivity index (χ2v) is 6.22. The van der Waals surface area contributed by atoms with Gasteiger partial charge in [-0.3, -0.25) is 9.48 Å². The van der Waals surface area contributed by atoms with E-state index in [1.54, 1.807) is 47.4 Å². The van der Waals surface area contributed by atoms with Crippen molar-refractivity contribution in [1.82, 2.24) is 19.6 Å². The largest absolute Gasteiger partial charge is 0.309 e. The maximum absolute atomic E-state index is 13.8. The first kappa shape index (κ1) is 16.9. The zero-order chi connectivity index (χ0) is 17.8. The van der Waals surface area contributed by atoms with Crippen LogP contribution in [-0.4, -0.2) is 25.5 Å². The zero-order valence-corrected chi connectivity index (χ0v) is 14.2. The van der Waals surface area contributed by atoms with E-state index in [-0.39, 0.29) is 18.3 Å². The van der Waals surface area contributed by atoms with Gasteiger partial charge in [0.1, 0.15) is 18.2 Å². The molecule has 2 aromatic heterocycles. The number of hydrogen-bond donors (Lipinski definition) is 1. The third kappa shape index (κ3) is 4.12. The molecular formula is C18H20FN5O. The van der Waals surface area contributed by atoms with Crippen molar-refractivity contribution in [3.63, 3.8) is 0 Å². The summed E-state index contributed by atoms with van der Waals surface area (Å²) in [6.45, 7) is 4.94. The lowest BCUT2D eigenvalue weighted by molar-refractivity contribution is -0.116. The Balaban J connectivity index is 1.66. The fourth-order valence-corrected chi connectivity index (χ4v) is 2.52. The quantitative estimate of drug-likeness (QED) is 0.749. The Morgan fingerprint density at radius 2 is 2.04 bits per heavy atom. The molecule has 0 aliphatic heterocycles. The minimum atomic E-state index is -0.338. The molecule has 0 atom stereocenters. The first-order valence-electron chi connectivity index (χ1n) is 8.13. The van der Waals surface area contributed by atoms with Gasteiger partial charge in [0.15, 0.2) is 0 Å². The number of nitrogens with zero attached hydrogens (tertiary/aromatic N) is 4. The molecule has 6 nitrogen and oxygen atoms in total. The average Bonchev–Trinajstić information content (AvgIpc) is 3.17. The number of hydrogen-bond acceptors (Lipinski definition) is 3. The Kier molecular flexibility index (Phi) is 4.92. The van der Waals surface area contributed by atoms with E-state index in [1.807, 2.05) is 0 Å². The number of rotatable bonds is 6. The summed E-state index contributed by atoms with van der Waals surface area (Å²) < 4.78 is 17.1. The highest BCUT2D eigenvalue weighted by Crippen LogP contribution is 2.20. The second kappa shape index (κ2) is 7.29. The van der Waals surface area contributed by atoms with Crippen LogP contribution in [0.3, 0.4) is 0 Å². The Hall–Kier alpha value is -2.96. The van der Waals surface area contributed by atoms with Crippen LogP contribution >= 0.6 is 0 Å². The van der Waals surface area contributed by atoms with Crippen molar-refractivity contribution in [2.24, 2.45) is 5.92 Å². The Morgan fingerprint density at radius 1 is 1.24 bits per heavy atom. The van der Waals surface area contributed by atoms with Crippen molar-refractivity contribution in [2.75, 3.05) is 5.32 Å². The van der Waals surface area contributed by atoms with Gasteiger partial charge in [-0.05, 0) is 24.1 Å². The molecule has 0 unspecified atom stereocenters. The number of benzene rings is 1. The molecule has 3 aromatic rings. The van der Waals surface area contributed by atoms with Crippen LogP contribution in [0, 0.1) is 11.7 Å². The van der Waals surface area contributed by atoms with Crippen molar-refractivity contribution >= 4 is 11.7 Å². The number of aromatic nitrogens is 4. The number of amides is 1. The monoisotopic (exact) mass is 341 g/mol. The minimum absolute atomic E-state index is 0.0430. The molecule has 0 saturated carbocycles. The highest BCUT2D eigenvalue weighted by molar-refractivity contribution is 5.89. The van der Waals surface area contributed by atoms with Crippen molar-refractivity contribution < 1.29 is 9.18 Å². The van der Waals surface area contributed by atoms with Crippen molar-refractivity contribution in [3.8, 4) is 11.3 Å². The third-order valence-corrected chi connectivity index (χ3v) is 3.62. The summed E-state index contributed by atoms with van der Waals surface area (Å²) in [6, 6.07) is 9.87. The third-order valence-electron chi connectivity index (χ3n) is 3.62. The van der Waals surface area contributed by atoms with Gasteiger partial charge in [0.2, 0.25) is 5.91 Å². The molecule has 0 aliphatic carbocycles. The van der Waals surface area contributed by atoms with E-state index >= 15 is 0 Å². The Bertz CT molecular complexity index is 868. The van der Waals surface area contributed by atoms with E-state index in [1.165, 1.54) is 10.7 Å². The smallest absolute Gasteiger partial charge is 0.247 e. The molecule has 0 aliphatic rings. The van der Waals surface area contributed by atoms with Crippen LogP contribution in [0.5, 0.6) is 0 Å². The molecule has 0 saturated heterocycles. The zero-order valence-electron chi connectivity index (χ0n) is 14.2. The van der Waals surface area contributed by atoms with Gasteiger partial charge in [0, 0.05) is 24.4 Å². The van der Waals surface area contributed by atoms with Crippen molar-refractivity contribution in [1.29, 1.82) is 0 Å². The van der Waals surface area contributed by atoms with E-state index in [0.717, 1.165) is 6.54 Å². The summed E-state index contributed by atoms with van der Waals surface area (Å²) in [5.74, 6) is 0.522. The summed E-state index contributed by atoms with van der Waals surface area (Å²) in [4.78, 5) is 12.2. The molecule has 3 rings (SSSR count). The highest BCUT2D eigenvalue weighted by Gasteiger charge is 2.11. The van der Waals surface area contributed by atoms with Gasteiger partial charge >= 0.3 is 0 Å². The lowest BCUT2D eigenvalue weighted by Crippen LogP contribution is -2.21. The van der Waals surface area contributed by atoms with E-state index in [2.05, 4.69) is 29.4 Å². The normalized spacial score (nSPS) is 11.0. The van der Waals surface area contributed by atoms with E-state index < -0.39 is 0 Å². The van der Waals surface area contributed by atoms with Gasteiger partial charge in [0.05, 0.1) is 11.9 Å². The van der Waals surface area contributed by atoms with E-state index in [4.69, 9.17) is 0 Å². The number of carbonyl (C=O) groups excluding carboxylic acids is 1. The van der Waals surface area contributed by atoms with Crippen LogP contribution in [0.15, 0.2) is 48.8 Å².